The molecule has 26 heavy (non-hydrogen) atoms. The maximum Gasteiger partial charge on any atom is 0.401 e. The Bertz CT molecular complexity index is 722. The van der Waals surface area contributed by atoms with Crippen molar-refractivity contribution in [2.75, 3.05) is 25.0 Å². The van der Waals surface area contributed by atoms with Crippen molar-refractivity contribution >= 4 is 23.1 Å². The van der Waals surface area contributed by atoms with Crippen molar-refractivity contribution in [3.8, 4) is 5.88 Å². The molecular formula is C16H17F3N4O2S. The summed E-state index contributed by atoms with van der Waals surface area (Å²) in [7, 11) is 0. The Morgan fingerprint density at radius 3 is 2.88 bits per heavy atom. The van der Waals surface area contributed by atoms with E-state index in [0.29, 0.717) is 36.5 Å². The number of piperidine rings is 1. The molecule has 1 aliphatic rings. The number of aromatic nitrogens is 2. The molecule has 6 nitrogen and oxygen atoms in total. The number of anilines is 1. The molecule has 0 radical (unpaired) electrons. The highest BCUT2D eigenvalue weighted by atomic mass is 32.1. The second-order valence-corrected chi connectivity index (χ2v) is 6.64. The first kappa shape index (κ1) is 18.6. The van der Waals surface area contributed by atoms with Gasteiger partial charge in [-0.15, -0.1) is 0 Å². The number of carbonyl (C=O) groups is 1. The third-order valence-electron chi connectivity index (χ3n) is 3.84. The Hall–Kier alpha value is -2.20. The number of rotatable bonds is 5. The van der Waals surface area contributed by atoms with E-state index in [-0.39, 0.29) is 18.6 Å². The predicted molar refractivity (Wildman–Crippen MR) is 90.4 cm³/mol. The summed E-state index contributed by atoms with van der Waals surface area (Å²) in [4.78, 5) is 17.4. The number of alkyl halides is 3. The highest BCUT2D eigenvalue weighted by Crippen LogP contribution is 2.22. The molecule has 1 amide bonds. The first-order valence-corrected chi connectivity index (χ1v) is 8.85. The SMILES string of the molecule is O=C(Nc1ccc(OC2CCCN(CC(F)(F)F)C2)nc1)c1cnsc1. The van der Waals surface area contributed by atoms with Gasteiger partial charge in [0.2, 0.25) is 5.88 Å². The van der Waals surface area contributed by atoms with Crippen LogP contribution in [0.5, 0.6) is 5.88 Å². The lowest BCUT2D eigenvalue weighted by molar-refractivity contribution is -0.150. The molecule has 3 rings (SSSR count). The maximum absolute atomic E-state index is 12.5. The van der Waals surface area contributed by atoms with Crippen LogP contribution in [0.1, 0.15) is 23.2 Å². The Morgan fingerprint density at radius 2 is 2.23 bits per heavy atom. The smallest absolute Gasteiger partial charge is 0.401 e. The van der Waals surface area contributed by atoms with E-state index < -0.39 is 12.7 Å². The number of likely N-dealkylation sites (tertiary alicyclic amines) is 1. The van der Waals surface area contributed by atoms with Gasteiger partial charge in [0, 0.05) is 18.0 Å². The van der Waals surface area contributed by atoms with Gasteiger partial charge in [0.05, 0.1) is 30.2 Å². The Labute approximate surface area is 152 Å². The van der Waals surface area contributed by atoms with E-state index >= 15 is 0 Å². The predicted octanol–water partition coefficient (Wildman–Crippen LogP) is 3.20. The Morgan fingerprint density at radius 1 is 1.38 bits per heavy atom. The zero-order valence-corrected chi connectivity index (χ0v) is 14.5. The molecule has 2 aromatic rings. The number of pyridine rings is 1. The molecule has 0 aromatic carbocycles. The molecule has 0 aliphatic carbocycles. The van der Waals surface area contributed by atoms with Gasteiger partial charge >= 0.3 is 6.18 Å². The van der Waals surface area contributed by atoms with Crippen LogP contribution in [-0.4, -0.2) is 52.1 Å². The first-order chi connectivity index (χ1) is 12.4. The van der Waals surface area contributed by atoms with Gasteiger partial charge in [0.25, 0.3) is 5.91 Å². The van der Waals surface area contributed by atoms with Crippen LogP contribution in [0, 0.1) is 0 Å². The second kappa shape index (κ2) is 8.00. The summed E-state index contributed by atoms with van der Waals surface area (Å²) in [5.41, 5.74) is 0.957. The zero-order chi connectivity index (χ0) is 18.6. The largest absolute Gasteiger partial charge is 0.473 e. The average molecular weight is 386 g/mol. The van der Waals surface area contributed by atoms with Crippen molar-refractivity contribution in [1.82, 2.24) is 14.3 Å². The van der Waals surface area contributed by atoms with Crippen molar-refractivity contribution in [3.05, 3.63) is 35.5 Å². The van der Waals surface area contributed by atoms with Gasteiger partial charge in [-0.2, -0.15) is 13.2 Å². The summed E-state index contributed by atoms with van der Waals surface area (Å²) in [5.74, 6) is 0.0309. The molecule has 1 N–H and O–H groups in total. The van der Waals surface area contributed by atoms with E-state index in [0.717, 1.165) is 0 Å². The van der Waals surface area contributed by atoms with Crippen molar-refractivity contribution in [1.29, 1.82) is 0 Å². The summed E-state index contributed by atoms with van der Waals surface area (Å²) < 4.78 is 47.1. The van der Waals surface area contributed by atoms with Crippen LogP contribution in [0.3, 0.4) is 0 Å². The van der Waals surface area contributed by atoms with Gasteiger partial charge in [0.15, 0.2) is 0 Å². The van der Waals surface area contributed by atoms with E-state index in [1.807, 2.05) is 0 Å². The minimum Gasteiger partial charge on any atom is -0.473 e. The zero-order valence-electron chi connectivity index (χ0n) is 13.7. The standard InChI is InChI=1S/C16H17F3N4O2S/c17-16(18,19)10-23-5-1-2-13(8-23)25-14-4-3-12(7-20-14)22-15(24)11-6-21-26-9-11/h3-4,6-7,9,13H,1-2,5,8,10H2,(H,22,24). The van der Waals surface area contributed by atoms with Crippen LogP contribution in [0.2, 0.25) is 0 Å². The van der Waals surface area contributed by atoms with Crippen LogP contribution >= 0.6 is 11.5 Å². The Balaban J connectivity index is 1.53. The van der Waals surface area contributed by atoms with Crippen molar-refractivity contribution in [2.24, 2.45) is 0 Å². The van der Waals surface area contributed by atoms with Gasteiger partial charge in [-0.1, -0.05) is 0 Å². The van der Waals surface area contributed by atoms with Crippen molar-refractivity contribution < 1.29 is 22.7 Å². The Kier molecular flexibility index (Phi) is 5.72. The molecule has 10 heteroatoms. The molecule has 0 bridgehead atoms. The average Bonchev–Trinajstić information content (AvgIpc) is 3.10. The number of amides is 1. The van der Waals surface area contributed by atoms with Gasteiger partial charge in [0.1, 0.15) is 6.10 Å². The van der Waals surface area contributed by atoms with Crippen LogP contribution < -0.4 is 10.1 Å². The molecule has 1 unspecified atom stereocenters. The third-order valence-corrected chi connectivity index (χ3v) is 4.43. The molecule has 1 atom stereocenters. The van der Waals surface area contributed by atoms with Crippen LogP contribution in [0.15, 0.2) is 29.9 Å². The topological polar surface area (TPSA) is 67.3 Å². The number of nitrogens with one attached hydrogen (secondary N) is 1. The number of halogens is 3. The van der Waals surface area contributed by atoms with E-state index in [1.165, 1.54) is 28.8 Å². The lowest BCUT2D eigenvalue weighted by Gasteiger charge is -2.32. The summed E-state index contributed by atoms with van der Waals surface area (Å²) in [6.45, 7) is -0.303. The summed E-state index contributed by atoms with van der Waals surface area (Å²) >= 11 is 1.18. The van der Waals surface area contributed by atoms with E-state index in [4.69, 9.17) is 4.74 Å². The molecule has 1 fully saturated rings. The van der Waals surface area contributed by atoms with E-state index in [1.54, 1.807) is 17.5 Å². The first-order valence-electron chi connectivity index (χ1n) is 8.01. The monoisotopic (exact) mass is 386 g/mol. The fourth-order valence-electron chi connectivity index (χ4n) is 2.72. The van der Waals surface area contributed by atoms with Crippen LogP contribution in [0.25, 0.3) is 0 Å². The minimum atomic E-state index is -4.21. The lowest BCUT2D eigenvalue weighted by Crippen LogP contribution is -2.45. The molecule has 0 spiro atoms. The molecule has 3 heterocycles. The molecular weight excluding hydrogens is 369 g/mol. The van der Waals surface area contributed by atoms with Gasteiger partial charge < -0.3 is 10.1 Å². The number of hydrogen-bond acceptors (Lipinski definition) is 6. The van der Waals surface area contributed by atoms with E-state index in [9.17, 15) is 18.0 Å². The van der Waals surface area contributed by atoms with Gasteiger partial charge in [-0.3, -0.25) is 9.69 Å². The molecule has 0 saturated carbocycles. The number of hydrogen-bond donors (Lipinski definition) is 1. The van der Waals surface area contributed by atoms with Crippen LogP contribution in [-0.2, 0) is 0 Å². The number of carbonyl (C=O) groups excluding carboxylic acids is 1. The fraction of sp³-hybridized carbons (Fsp3) is 0.438. The highest BCUT2D eigenvalue weighted by Gasteiger charge is 2.33. The van der Waals surface area contributed by atoms with Crippen LogP contribution in [0.4, 0.5) is 18.9 Å². The molecule has 1 saturated heterocycles. The summed E-state index contributed by atoms with van der Waals surface area (Å²) in [6.07, 6.45) is -0.304. The highest BCUT2D eigenvalue weighted by molar-refractivity contribution is 7.03. The van der Waals surface area contributed by atoms with E-state index in [2.05, 4.69) is 14.7 Å². The normalized spacial score (nSPS) is 18.5. The molecule has 2 aromatic heterocycles. The fourth-order valence-corrected chi connectivity index (χ4v) is 3.24. The molecule has 140 valence electrons. The third kappa shape index (κ3) is 5.40. The number of ether oxygens (including phenoxy) is 1. The second-order valence-electron chi connectivity index (χ2n) is 5.98. The maximum atomic E-state index is 12.5. The lowest BCUT2D eigenvalue weighted by atomic mass is 10.1. The van der Waals surface area contributed by atoms with Crippen molar-refractivity contribution in [3.63, 3.8) is 0 Å². The summed E-state index contributed by atoms with van der Waals surface area (Å²) in [5, 5.41) is 4.32. The van der Waals surface area contributed by atoms with Gasteiger partial charge in [-0.25, -0.2) is 9.36 Å². The quantitative estimate of drug-likeness (QED) is 0.855. The summed E-state index contributed by atoms with van der Waals surface area (Å²) in [6, 6.07) is 3.22. The number of nitrogens with zero attached hydrogens (tertiary/aromatic N) is 3. The minimum absolute atomic E-state index is 0.213. The van der Waals surface area contributed by atoms with Crippen molar-refractivity contribution in [2.45, 2.75) is 25.1 Å². The molecule has 1 aliphatic heterocycles. The van der Waals surface area contributed by atoms with Gasteiger partial charge in [-0.05, 0) is 37.0 Å².